The molecule has 0 rings (SSSR count). The lowest BCUT2D eigenvalue weighted by Crippen LogP contribution is -1.52. The van der Waals surface area contributed by atoms with Gasteiger partial charge in [0.15, 0.2) is 0 Å². The summed E-state index contributed by atoms with van der Waals surface area (Å²) in [5.74, 6) is 0. The summed E-state index contributed by atoms with van der Waals surface area (Å²) < 4.78 is 0. The molecule has 0 amide bonds. The topological polar surface area (TPSA) is 0 Å². The molecule has 11 heavy (non-hydrogen) atoms. The molecule has 0 nitrogen and oxygen atoms in total. The zero-order chi connectivity index (χ0) is 8.83. The Morgan fingerprint density at radius 3 is 1.36 bits per heavy atom. The molecule has 0 saturated carbocycles. The maximum Gasteiger partial charge on any atom is -0.0356 e. The van der Waals surface area contributed by atoms with Crippen LogP contribution in [0.1, 0.15) is 61.3 Å². The van der Waals surface area contributed by atoms with Crippen LogP contribution < -0.4 is 0 Å². The first-order chi connectivity index (χ1) is 4.83. The molecule has 0 fully saturated rings. The molecule has 0 aromatic rings. The van der Waals surface area contributed by atoms with Crippen LogP contribution in [0.5, 0.6) is 0 Å². The second-order valence-corrected chi connectivity index (χ2v) is 1.78. The predicted molar refractivity (Wildman–Crippen MR) is 59.1 cm³/mol. The maximum atomic E-state index is 3.55. The zero-order valence-corrected chi connectivity index (χ0v) is 8.41. The fourth-order valence-electron chi connectivity index (χ4n) is 0.204. The summed E-state index contributed by atoms with van der Waals surface area (Å²) in [6.07, 6.45) is 5.56. The highest BCUT2D eigenvalue weighted by atomic mass is 13.7. The van der Waals surface area contributed by atoms with Crippen molar-refractivity contribution in [1.29, 1.82) is 0 Å². The van der Waals surface area contributed by atoms with E-state index in [0.29, 0.717) is 0 Å². The summed E-state index contributed by atoms with van der Waals surface area (Å²) in [5.41, 5.74) is 0. The first-order valence-electron chi connectivity index (χ1n) is 4.44. The van der Waals surface area contributed by atoms with Crippen LogP contribution in [0, 0.1) is 0 Å². The molecule has 0 heterocycles. The van der Waals surface area contributed by atoms with E-state index in [2.05, 4.69) is 27.4 Å². The summed E-state index contributed by atoms with van der Waals surface area (Å²) >= 11 is 0. The second kappa shape index (κ2) is 53.2. The predicted octanol–water partition coefficient (Wildman–Crippen LogP) is 5.05. The highest BCUT2D eigenvalue weighted by molar-refractivity contribution is 4.63. The molecule has 0 aliphatic carbocycles. The zero-order valence-electron chi connectivity index (χ0n) is 8.41. The van der Waals surface area contributed by atoms with Gasteiger partial charge in [0.25, 0.3) is 0 Å². The van der Waals surface area contributed by atoms with Crippen molar-refractivity contribution in [3.63, 3.8) is 0 Å². The molecule has 0 bridgehead atoms. The molecule has 0 N–H and O–H groups in total. The van der Waals surface area contributed by atoms with Crippen molar-refractivity contribution >= 4 is 0 Å². The smallest absolute Gasteiger partial charge is 0.0356 e. The van der Waals surface area contributed by atoms with Crippen molar-refractivity contribution in [1.82, 2.24) is 0 Å². The van der Waals surface area contributed by atoms with Crippen molar-refractivity contribution in [3.05, 3.63) is 12.7 Å². The summed E-state index contributed by atoms with van der Waals surface area (Å²) in [5, 5.41) is 0. The largest absolute Gasteiger partial charge is 0.103 e. The van der Waals surface area contributed by atoms with Crippen LogP contribution in [-0.2, 0) is 0 Å². The molecule has 0 unspecified atom stereocenters. The molecule has 0 radical (unpaired) electrons. The summed E-state index contributed by atoms with van der Waals surface area (Å²) in [4.78, 5) is 0. The van der Waals surface area contributed by atoms with Crippen LogP contribution in [0.2, 0.25) is 0 Å². The van der Waals surface area contributed by atoms with Gasteiger partial charge >= 0.3 is 0 Å². The normalized spacial score (nSPS) is 5.55. The van der Waals surface area contributed by atoms with Crippen LogP contribution in [0.3, 0.4) is 0 Å². The van der Waals surface area contributed by atoms with E-state index in [1.807, 2.05) is 19.9 Å². The fraction of sp³-hybridized carbons (Fsp3) is 0.818. The van der Waals surface area contributed by atoms with Crippen molar-refractivity contribution < 1.29 is 0 Å². The van der Waals surface area contributed by atoms with E-state index in [-0.39, 0.29) is 7.43 Å². The number of rotatable bonds is 2. The van der Waals surface area contributed by atoms with Gasteiger partial charge in [-0.2, -0.15) is 0 Å². The number of hydrogen-bond acceptors (Lipinski definition) is 0. The lowest BCUT2D eigenvalue weighted by atomic mass is 10.3. The minimum absolute atomic E-state index is 0. The number of hydrogen-bond donors (Lipinski definition) is 0. The molecular formula is C11H28. The SMILES string of the molecule is C.C=CCCC.CC.CCC. The Balaban J connectivity index is -0.0000000360. The van der Waals surface area contributed by atoms with Gasteiger partial charge in [-0.15, -0.1) is 6.58 Å². The second-order valence-electron chi connectivity index (χ2n) is 1.78. The van der Waals surface area contributed by atoms with Gasteiger partial charge in [0.2, 0.25) is 0 Å². The Bertz CT molecular complexity index is 29.0. The molecule has 0 heteroatoms. The van der Waals surface area contributed by atoms with Crippen LogP contribution >= 0.6 is 0 Å². The van der Waals surface area contributed by atoms with Gasteiger partial charge in [-0.3, -0.25) is 0 Å². The van der Waals surface area contributed by atoms with Crippen molar-refractivity contribution in [2.75, 3.05) is 0 Å². The average Bonchev–Trinajstić information content (AvgIpc) is 1.96. The number of unbranched alkanes of at least 4 members (excludes halogenated alkanes) is 1. The third-order valence-electron chi connectivity index (χ3n) is 0.493. The minimum atomic E-state index is 0. The number of allylic oxidation sites excluding steroid dienone is 1. The van der Waals surface area contributed by atoms with Crippen LogP contribution in [-0.4, -0.2) is 0 Å². The van der Waals surface area contributed by atoms with Gasteiger partial charge in [0.1, 0.15) is 0 Å². The first kappa shape index (κ1) is 22.4. The Labute approximate surface area is 74.7 Å². The molecule has 0 aromatic heterocycles. The standard InChI is InChI=1S/C5H10.C3H8.C2H6.CH4/c1-3-5-4-2;1-3-2;1-2;/h3H,1,4-5H2,2H3;3H2,1-2H3;1-2H3;1H4. The molecule has 72 valence electrons. The van der Waals surface area contributed by atoms with Crippen LogP contribution in [0.15, 0.2) is 12.7 Å². The van der Waals surface area contributed by atoms with Crippen molar-refractivity contribution in [2.45, 2.75) is 61.3 Å². The molecule has 0 saturated heterocycles. The van der Waals surface area contributed by atoms with Gasteiger partial charge in [-0.25, -0.2) is 0 Å². The lowest BCUT2D eigenvalue weighted by molar-refractivity contribution is 0.961. The highest BCUT2D eigenvalue weighted by Gasteiger charge is 1.61. The first-order valence-corrected chi connectivity index (χ1v) is 4.44. The van der Waals surface area contributed by atoms with E-state index in [0.717, 1.165) is 6.42 Å². The van der Waals surface area contributed by atoms with Crippen LogP contribution in [0.4, 0.5) is 0 Å². The van der Waals surface area contributed by atoms with Gasteiger partial charge in [0, 0.05) is 0 Å². The third kappa shape index (κ3) is 193. The van der Waals surface area contributed by atoms with E-state index < -0.39 is 0 Å². The highest BCUT2D eigenvalue weighted by Crippen LogP contribution is 1.82. The molecule has 0 aliphatic rings. The van der Waals surface area contributed by atoms with Crippen LogP contribution in [0.25, 0.3) is 0 Å². The Morgan fingerprint density at radius 1 is 1.09 bits per heavy atom. The molecule has 0 aliphatic heterocycles. The maximum absolute atomic E-state index is 3.55. The Morgan fingerprint density at radius 2 is 1.36 bits per heavy atom. The van der Waals surface area contributed by atoms with Crippen molar-refractivity contribution in [2.24, 2.45) is 0 Å². The summed E-state index contributed by atoms with van der Waals surface area (Å²) in [7, 11) is 0. The van der Waals surface area contributed by atoms with E-state index in [4.69, 9.17) is 0 Å². The lowest BCUT2D eigenvalue weighted by Gasteiger charge is -1.72. The minimum Gasteiger partial charge on any atom is -0.103 e. The van der Waals surface area contributed by atoms with E-state index in [1.165, 1.54) is 12.8 Å². The average molecular weight is 160 g/mol. The van der Waals surface area contributed by atoms with Gasteiger partial charge in [-0.1, -0.05) is 61.0 Å². The van der Waals surface area contributed by atoms with Crippen molar-refractivity contribution in [3.8, 4) is 0 Å². The van der Waals surface area contributed by atoms with Gasteiger partial charge < -0.3 is 0 Å². The third-order valence-corrected chi connectivity index (χ3v) is 0.493. The summed E-state index contributed by atoms with van der Waals surface area (Å²) in [6.45, 7) is 13.9. The Kier molecular flexibility index (Phi) is 108. The van der Waals surface area contributed by atoms with Gasteiger partial charge in [0.05, 0.1) is 0 Å². The molecule has 0 aromatic carbocycles. The van der Waals surface area contributed by atoms with E-state index in [1.54, 1.807) is 0 Å². The quantitative estimate of drug-likeness (QED) is 0.496. The van der Waals surface area contributed by atoms with Gasteiger partial charge in [-0.05, 0) is 6.42 Å². The monoisotopic (exact) mass is 160 g/mol. The Hall–Kier alpha value is -0.260. The molecule has 0 spiro atoms. The fourth-order valence-corrected chi connectivity index (χ4v) is 0.204. The molecule has 0 atom stereocenters. The van der Waals surface area contributed by atoms with E-state index in [9.17, 15) is 0 Å². The molecular weight excluding hydrogens is 132 g/mol. The summed E-state index contributed by atoms with van der Waals surface area (Å²) in [6, 6.07) is 0. The van der Waals surface area contributed by atoms with E-state index >= 15 is 0 Å².